The summed E-state index contributed by atoms with van der Waals surface area (Å²) in [5.41, 5.74) is -0.837. The molecule has 9 rings (SSSR count). The van der Waals surface area contributed by atoms with E-state index in [1.807, 2.05) is 97.1 Å². The summed E-state index contributed by atoms with van der Waals surface area (Å²) in [6, 6.07) is 39.0. The first-order chi connectivity index (χ1) is 36.7. The van der Waals surface area contributed by atoms with Gasteiger partial charge in [-0.1, -0.05) is 163 Å². The van der Waals surface area contributed by atoms with Crippen LogP contribution in [0.3, 0.4) is 0 Å². The van der Waals surface area contributed by atoms with Crippen molar-refractivity contribution >= 4 is 38.9 Å². The Morgan fingerprint density at radius 1 is 0.688 bits per heavy atom. The Morgan fingerprint density at radius 3 is 1.83 bits per heavy atom. The van der Waals surface area contributed by atoms with Gasteiger partial charge in [0.25, 0.3) is 13.9 Å². The largest absolute Gasteiger partial charge is 0.411 e. The average Bonchev–Trinajstić information content (AvgIpc) is 4.10. The van der Waals surface area contributed by atoms with Crippen LogP contribution in [0.15, 0.2) is 137 Å². The molecule has 1 aromatic heterocycles. The normalized spacial score (nSPS) is 24.5. The van der Waals surface area contributed by atoms with E-state index in [0.717, 1.165) is 31.0 Å². The van der Waals surface area contributed by atoms with Crippen molar-refractivity contribution in [3.8, 4) is 0 Å². The molecule has 5 heterocycles. The van der Waals surface area contributed by atoms with E-state index in [9.17, 15) is 9.59 Å². The van der Waals surface area contributed by atoms with Crippen molar-refractivity contribution in [2.45, 2.75) is 148 Å². The van der Waals surface area contributed by atoms with Crippen molar-refractivity contribution in [3.63, 3.8) is 0 Å². The van der Waals surface area contributed by atoms with Crippen LogP contribution < -0.4 is 21.6 Å². The molecule has 0 saturated carbocycles. The number of fused-ring (bicyclic) bond motifs is 10. The van der Waals surface area contributed by atoms with E-state index in [0.29, 0.717) is 0 Å². The average molecular weight is 1090 g/mol. The smallest absolute Gasteiger partial charge is 0.335 e. The quantitative estimate of drug-likeness (QED) is 0.0935. The summed E-state index contributed by atoms with van der Waals surface area (Å²) in [6.45, 7) is 18.6. The standard InChI is InChI=1S/C59H76N4O12Si2/c1-57(2,3)76(8,9)75-48-31-51-60-33-44(53(64)62(55(60)66)39-68-34-42-22-14-10-15-23-42)32-59(7)38-61(56(67)63(54(59)65)40-69-35-43-24-16-11-17-25-43)52-30-47(71-41-70-36-49(48)73-51)50(74-52)37-72-77(58(4,5)6,45-26-18-12-19-27-45)46-28-20-13-21-29-46/h10-29,33,47-52H,30-32,34-41H2,1-9H3/t47-,48-,49-,50-,51-,52-,59-/m1/s1. The second kappa shape index (κ2) is 23.1. The Morgan fingerprint density at radius 2 is 1.26 bits per heavy atom. The summed E-state index contributed by atoms with van der Waals surface area (Å²) in [5, 5.41) is 1.70. The number of ether oxygens (including phenoxy) is 6. The second-order valence-electron chi connectivity index (χ2n) is 23.7. The topological polar surface area (TPSA) is 158 Å². The highest BCUT2D eigenvalue weighted by Crippen LogP contribution is 2.43. The molecule has 0 aliphatic carbocycles. The fourth-order valence-electron chi connectivity index (χ4n) is 10.9. The van der Waals surface area contributed by atoms with Crippen LogP contribution in [-0.4, -0.2) is 111 Å². The van der Waals surface area contributed by atoms with Gasteiger partial charge in [-0.05, 0) is 58.0 Å². The van der Waals surface area contributed by atoms with E-state index in [4.69, 9.17) is 37.3 Å². The maximum absolute atomic E-state index is 15.2. The molecule has 0 unspecified atom stereocenters. The molecule has 16 nitrogen and oxygen atoms in total. The third kappa shape index (κ3) is 12.0. The number of carbonyl (C=O) groups excluding carboxylic acids is 2. The zero-order valence-electron chi connectivity index (χ0n) is 46.1. The van der Waals surface area contributed by atoms with Crippen molar-refractivity contribution in [1.29, 1.82) is 0 Å². The SMILES string of the molecule is CC(C)(C)[Si](C)(C)O[C@@H]1C[C@H]2O[C@@H]1COCO[C@@H]1C[C@@H](O[C@@H]1CO[Si](c1ccccc1)(c1ccccc1)C(C)(C)C)N1C[C@@](C)(Cc3cn2c(=O)n(COCc2ccccc2)c3=O)C(=O)N(COCc2ccccc2)C1=O. The van der Waals surface area contributed by atoms with Gasteiger partial charge in [-0.15, -0.1) is 0 Å². The number of rotatable bonds is 15. The van der Waals surface area contributed by atoms with Gasteiger partial charge >= 0.3 is 11.7 Å². The van der Waals surface area contributed by atoms with Gasteiger partial charge in [-0.3, -0.25) is 19.1 Å². The molecular weight excluding hydrogens is 1010 g/mol. The molecule has 0 N–H and O–H groups in total. The number of amides is 3. The maximum Gasteiger partial charge on any atom is 0.335 e. The first kappa shape index (κ1) is 56.3. The van der Waals surface area contributed by atoms with Gasteiger partial charge in [0, 0.05) is 31.1 Å². The minimum absolute atomic E-state index is 0.0621. The molecule has 3 fully saturated rings. The lowest BCUT2D eigenvalue weighted by atomic mass is 9.80. The zero-order chi connectivity index (χ0) is 54.8. The highest BCUT2D eigenvalue weighted by molar-refractivity contribution is 6.99. The van der Waals surface area contributed by atoms with Crippen LogP contribution in [0.2, 0.25) is 23.2 Å². The van der Waals surface area contributed by atoms with E-state index >= 15 is 9.59 Å². The number of carbonyl (C=O) groups is 2. The van der Waals surface area contributed by atoms with Crippen LogP contribution in [0.5, 0.6) is 0 Å². The number of benzene rings is 4. The van der Waals surface area contributed by atoms with Crippen LogP contribution in [0.1, 0.15) is 84.2 Å². The number of aromatic nitrogens is 2. The molecule has 0 spiro atoms. The lowest BCUT2D eigenvalue weighted by molar-refractivity contribution is -0.156. The molecule has 8 bridgehead atoms. The summed E-state index contributed by atoms with van der Waals surface area (Å²) < 4.78 is 56.1. The molecule has 77 heavy (non-hydrogen) atoms. The predicted octanol–water partition coefficient (Wildman–Crippen LogP) is 7.91. The van der Waals surface area contributed by atoms with E-state index < -0.39 is 82.1 Å². The second-order valence-corrected chi connectivity index (χ2v) is 32.8. The van der Waals surface area contributed by atoms with E-state index in [1.165, 1.54) is 10.8 Å². The van der Waals surface area contributed by atoms with Crippen LogP contribution in [0.4, 0.5) is 4.79 Å². The van der Waals surface area contributed by atoms with Gasteiger partial charge in [0.15, 0.2) is 8.32 Å². The molecule has 4 aliphatic heterocycles. The van der Waals surface area contributed by atoms with Gasteiger partial charge in [0.2, 0.25) is 5.91 Å². The predicted molar refractivity (Wildman–Crippen MR) is 296 cm³/mol. The Balaban J connectivity index is 1.12. The van der Waals surface area contributed by atoms with Crippen LogP contribution in [0.25, 0.3) is 0 Å². The Bertz CT molecular complexity index is 2890. The van der Waals surface area contributed by atoms with Crippen molar-refractivity contribution in [2.75, 3.05) is 33.3 Å². The lowest BCUT2D eigenvalue weighted by Gasteiger charge is -2.46. The highest BCUT2D eigenvalue weighted by Gasteiger charge is 2.55. The number of hydrogen-bond donors (Lipinski definition) is 0. The molecule has 412 valence electrons. The summed E-state index contributed by atoms with van der Waals surface area (Å²) >= 11 is 0. The Hall–Kier alpha value is -5.39. The van der Waals surface area contributed by atoms with Crippen LogP contribution >= 0.6 is 0 Å². The Kier molecular flexibility index (Phi) is 16.9. The summed E-state index contributed by atoms with van der Waals surface area (Å²) in [7, 11) is -5.52. The van der Waals surface area contributed by atoms with Crippen LogP contribution in [0, 0.1) is 5.41 Å². The third-order valence-electron chi connectivity index (χ3n) is 16.1. The molecule has 7 atom stereocenters. The van der Waals surface area contributed by atoms with E-state index in [2.05, 4.69) is 78.9 Å². The number of hydrogen-bond acceptors (Lipinski definition) is 12. The monoisotopic (exact) mass is 1090 g/mol. The summed E-state index contributed by atoms with van der Waals surface area (Å²) in [4.78, 5) is 62.5. The highest BCUT2D eigenvalue weighted by atomic mass is 28.4. The van der Waals surface area contributed by atoms with Gasteiger partial charge in [0.05, 0.1) is 44.1 Å². The van der Waals surface area contributed by atoms with Gasteiger partial charge < -0.3 is 37.3 Å². The first-order valence-electron chi connectivity index (χ1n) is 26.8. The minimum Gasteiger partial charge on any atom is -0.411 e. The molecule has 4 aliphatic rings. The summed E-state index contributed by atoms with van der Waals surface area (Å²) in [6.07, 6.45) is -2.42. The van der Waals surface area contributed by atoms with Crippen molar-refractivity contribution in [3.05, 3.63) is 165 Å². The van der Waals surface area contributed by atoms with Gasteiger partial charge in [0.1, 0.15) is 44.9 Å². The van der Waals surface area contributed by atoms with Crippen molar-refractivity contribution < 1.29 is 46.9 Å². The zero-order valence-corrected chi connectivity index (χ0v) is 48.1. The number of imide groups is 1. The van der Waals surface area contributed by atoms with E-state index in [-0.39, 0.29) is 88.1 Å². The van der Waals surface area contributed by atoms with Crippen molar-refractivity contribution in [2.24, 2.45) is 5.41 Å². The maximum atomic E-state index is 15.2. The van der Waals surface area contributed by atoms with Crippen LogP contribution in [-0.2, 0) is 68.4 Å². The minimum atomic E-state index is -3.09. The number of nitrogens with zero attached hydrogens (tertiary/aromatic N) is 4. The molecule has 4 aromatic carbocycles. The third-order valence-corrected chi connectivity index (χ3v) is 25.6. The molecule has 3 amide bonds. The molecular formula is C59H76N4O12Si2. The lowest BCUT2D eigenvalue weighted by Crippen LogP contribution is -2.67. The van der Waals surface area contributed by atoms with Crippen molar-refractivity contribution in [1.82, 2.24) is 18.9 Å². The summed E-state index contributed by atoms with van der Waals surface area (Å²) in [5.74, 6) is -0.542. The number of urea groups is 1. The van der Waals surface area contributed by atoms with Gasteiger partial charge in [-0.2, -0.15) is 0 Å². The van der Waals surface area contributed by atoms with E-state index in [1.54, 1.807) is 11.8 Å². The Labute approximate surface area is 454 Å². The molecule has 18 heteroatoms. The fourth-order valence-corrected chi connectivity index (χ4v) is 16.9. The first-order valence-corrected chi connectivity index (χ1v) is 31.6. The molecule has 5 aromatic rings. The fraction of sp³-hybridized carbons (Fsp3) is 0.492. The molecule has 0 radical (unpaired) electrons. The molecule has 3 saturated heterocycles. The van der Waals surface area contributed by atoms with Gasteiger partial charge in [-0.25, -0.2) is 19.1 Å².